The van der Waals surface area contributed by atoms with Gasteiger partial charge in [-0.25, -0.2) is 0 Å². The van der Waals surface area contributed by atoms with E-state index in [0.29, 0.717) is 6.10 Å². The largest absolute Gasteiger partial charge is 0.498 e. The maximum absolute atomic E-state index is 5.97. The van der Waals surface area contributed by atoms with E-state index < -0.39 is 0 Å². The Morgan fingerprint density at radius 1 is 0.833 bits per heavy atom. The first kappa shape index (κ1) is 19.9. The number of hydrogen-bond donors (Lipinski definition) is 0. The van der Waals surface area contributed by atoms with E-state index in [4.69, 9.17) is 4.74 Å². The molecule has 24 heavy (non-hydrogen) atoms. The third-order valence-corrected chi connectivity index (χ3v) is 6.54. The van der Waals surface area contributed by atoms with Crippen LogP contribution < -0.4 is 0 Å². The molecule has 0 heterocycles. The van der Waals surface area contributed by atoms with Crippen LogP contribution in [-0.4, -0.2) is 6.10 Å². The van der Waals surface area contributed by atoms with Crippen LogP contribution in [0.25, 0.3) is 0 Å². The molecular formula is C23H42O. The lowest BCUT2D eigenvalue weighted by Crippen LogP contribution is -2.29. The van der Waals surface area contributed by atoms with E-state index in [1.807, 2.05) is 6.26 Å². The molecule has 2 fully saturated rings. The minimum atomic E-state index is 0.503. The van der Waals surface area contributed by atoms with Crippen LogP contribution in [0.1, 0.15) is 110 Å². The predicted octanol–water partition coefficient (Wildman–Crippen LogP) is 7.65. The van der Waals surface area contributed by atoms with Crippen LogP contribution in [-0.2, 0) is 4.74 Å². The van der Waals surface area contributed by atoms with Crippen molar-refractivity contribution in [1.82, 2.24) is 0 Å². The number of unbranched alkanes of at least 4 members (excludes halogenated alkanes) is 4. The monoisotopic (exact) mass is 334 g/mol. The lowest BCUT2D eigenvalue weighted by atomic mass is 9.70. The average Bonchev–Trinajstić information content (AvgIpc) is 2.63. The summed E-state index contributed by atoms with van der Waals surface area (Å²) in [4.78, 5) is 0. The zero-order valence-corrected chi connectivity index (χ0v) is 16.5. The van der Waals surface area contributed by atoms with E-state index in [0.717, 1.165) is 24.2 Å². The van der Waals surface area contributed by atoms with Crippen LogP contribution in [0.3, 0.4) is 0 Å². The maximum atomic E-state index is 5.97. The molecule has 0 saturated heterocycles. The highest BCUT2D eigenvalue weighted by Crippen LogP contribution is 2.41. The van der Waals surface area contributed by atoms with Gasteiger partial charge in [-0.1, -0.05) is 71.3 Å². The Bertz CT molecular complexity index is 327. The summed E-state index contributed by atoms with van der Waals surface area (Å²) < 4.78 is 5.97. The van der Waals surface area contributed by atoms with Crippen LogP contribution in [0.4, 0.5) is 0 Å². The normalized spacial score (nSPS) is 31.4. The molecule has 0 amide bonds. The molecule has 0 aromatic rings. The highest BCUT2D eigenvalue weighted by molar-refractivity contribution is 4.84. The Morgan fingerprint density at radius 3 is 2.38 bits per heavy atom. The van der Waals surface area contributed by atoms with Crippen LogP contribution in [0.5, 0.6) is 0 Å². The van der Waals surface area contributed by atoms with Crippen LogP contribution in [0.2, 0.25) is 0 Å². The number of allylic oxidation sites excluding steroid dienone is 1. The van der Waals surface area contributed by atoms with Gasteiger partial charge in [-0.2, -0.15) is 0 Å². The molecule has 0 spiro atoms. The third-order valence-electron chi connectivity index (χ3n) is 6.54. The Balaban J connectivity index is 1.61. The van der Waals surface area contributed by atoms with Gasteiger partial charge in [0.2, 0.25) is 0 Å². The molecular weight excluding hydrogens is 292 g/mol. The minimum Gasteiger partial charge on any atom is -0.498 e. The SMILES string of the molecule is CCC=CO[C@@H]1CCC[C@@H](C2CCC(CCCCCCC)CC2)C1. The van der Waals surface area contributed by atoms with Crippen LogP contribution in [0.15, 0.2) is 12.3 Å². The smallest absolute Gasteiger partial charge is 0.0981 e. The van der Waals surface area contributed by atoms with Crippen molar-refractivity contribution < 1.29 is 4.74 Å². The van der Waals surface area contributed by atoms with Crippen molar-refractivity contribution in [2.45, 2.75) is 116 Å². The summed E-state index contributed by atoms with van der Waals surface area (Å²) in [6.45, 7) is 4.48. The van der Waals surface area contributed by atoms with Crippen molar-refractivity contribution in [3.63, 3.8) is 0 Å². The van der Waals surface area contributed by atoms with Gasteiger partial charge in [0.05, 0.1) is 12.4 Å². The van der Waals surface area contributed by atoms with E-state index >= 15 is 0 Å². The molecule has 0 aliphatic heterocycles. The topological polar surface area (TPSA) is 9.23 Å². The number of hydrogen-bond acceptors (Lipinski definition) is 1. The van der Waals surface area contributed by atoms with Gasteiger partial charge in [-0.3, -0.25) is 0 Å². The van der Waals surface area contributed by atoms with E-state index in [9.17, 15) is 0 Å². The Labute approximate surface area is 151 Å². The highest BCUT2D eigenvalue weighted by atomic mass is 16.5. The Kier molecular flexibility index (Phi) is 9.92. The average molecular weight is 335 g/mol. The first-order chi connectivity index (χ1) is 11.8. The van der Waals surface area contributed by atoms with E-state index in [2.05, 4.69) is 19.9 Å². The van der Waals surface area contributed by atoms with Crippen molar-refractivity contribution in [3.8, 4) is 0 Å². The molecule has 0 aromatic carbocycles. The summed E-state index contributed by atoms with van der Waals surface area (Å²) >= 11 is 0. The van der Waals surface area contributed by atoms with E-state index in [1.54, 1.807) is 0 Å². The van der Waals surface area contributed by atoms with Gasteiger partial charge in [-0.05, 0) is 62.7 Å². The molecule has 2 atom stereocenters. The van der Waals surface area contributed by atoms with Crippen molar-refractivity contribution in [3.05, 3.63) is 12.3 Å². The summed E-state index contributed by atoms with van der Waals surface area (Å²) in [5, 5.41) is 0. The quantitative estimate of drug-likeness (QED) is 0.294. The van der Waals surface area contributed by atoms with Crippen molar-refractivity contribution in [2.24, 2.45) is 17.8 Å². The molecule has 1 heteroatoms. The lowest BCUT2D eigenvalue weighted by molar-refractivity contribution is 0.0510. The van der Waals surface area contributed by atoms with Gasteiger partial charge in [0.25, 0.3) is 0 Å². The van der Waals surface area contributed by atoms with Gasteiger partial charge >= 0.3 is 0 Å². The second-order valence-electron chi connectivity index (χ2n) is 8.45. The van der Waals surface area contributed by atoms with Crippen molar-refractivity contribution in [2.75, 3.05) is 0 Å². The zero-order chi connectivity index (χ0) is 17.0. The zero-order valence-electron chi connectivity index (χ0n) is 16.5. The summed E-state index contributed by atoms with van der Waals surface area (Å²) in [5.74, 6) is 3.00. The van der Waals surface area contributed by atoms with Crippen LogP contribution >= 0.6 is 0 Å². The fourth-order valence-electron chi connectivity index (χ4n) is 4.98. The fraction of sp³-hybridized carbons (Fsp3) is 0.913. The second kappa shape index (κ2) is 12.0. The molecule has 2 aliphatic rings. The first-order valence-corrected chi connectivity index (χ1v) is 11.1. The summed E-state index contributed by atoms with van der Waals surface area (Å²) in [5.41, 5.74) is 0. The van der Waals surface area contributed by atoms with E-state index in [-0.39, 0.29) is 0 Å². The Morgan fingerprint density at radius 2 is 1.62 bits per heavy atom. The molecule has 2 rings (SSSR count). The summed E-state index contributed by atoms with van der Waals surface area (Å²) in [6.07, 6.45) is 25.9. The highest BCUT2D eigenvalue weighted by Gasteiger charge is 2.31. The molecule has 0 bridgehead atoms. The fourth-order valence-corrected chi connectivity index (χ4v) is 4.98. The lowest BCUT2D eigenvalue weighted by Gasteiger charge is -2.38. The van der Waals surface area contributed by atoms with Gasteiger partial charge < -0.3 is 4.74 Å². The molecule has 0 aromatic heterocycles. The van der Waals surface area contributed by atoms with E-state index in [1.165, 1.54) is 89.9 Å². The van der Waals surface area contributed by atoms with Gasteiger partial charge in [-0.15, -0.1) is 0 Å². The summed E-state index contributed by atoms with van der Waals surface area (Å²) in [6, 6.07) is 0. The predicted molar refractivity (Wildman–Crippen MR) is 105 cm³/mol. The van der Waals surface area contributed by atoms with Gasteiger partial charge in [0, 0.05) is 0 Å². The first-order valence-electron chi connectivity index (χ1n) is 11.1. The van der Waals surface area contributed by atoms with Crippen LogP contribution in [0, 0.1) is 17.8 Å². The molecule has 0 radical (unpaired) electrons. The van der Waals surface area contributed by atoms with Gasteiger partial charge in [0.1, 0.15) is 0 Å². The molecule has 0 unspecified atom stereocenters. The minimum absolute atomic E-state index is 0.503. The molecule has 0 N–H and O–H groups in total. The molecule has 2 saturated carbocycles. The van der Waals surface area contributed by atoms with Crippen molar-refractivity contribution >= 4 is 0 Å². The standard InChI is InChI=1S/C23H42O/c1-3-5-7-8-9-11-20-14-16-21(17-15-20)22-12-10-13-23(19-22)24-18-6-4-2/h6,18,20-23H,3-5,7-17,19H2,1-2H3/t20?,21?,22-,23-/m1/s1. The third kappa shape index (κ3) is 7.19. The molecule has 140 valence electrons. The number of ether oxygens (including phenoxy) is 1. The maximum Gasteiger partial charge on any atom is 0.0981 e. The van der Waals surface area contributed by atoms with Crippen molar-refractivity contribution in [1.29, 1.82) is 0 Å². The summed E-state index contributed by atoms with van der Waals surface area (Å²) in [7, 11) is 0. The Hall–Kier alpha value is -0.460. The van der Waals surface area contributed by atoms with Gasteiger partial charge in [0.15, 0.2) is 0 Å². The molecule has 1 nitrogen and oxygen atoms in total. The second-order valence-corrected chi connectivity index (χ2v) is 8.45. The molecule has 2 aliphatic carbocycles. The number of rotatable bonds is 10.